The van der Waals surface area contributed by atoms with Gasteiger partial charge < -0.3 is 10.3 Å². The first-order chi connectivity index (χ1) is 11.0. The molecule has 120 valence electrons. The average molecular weight is 335 g/mol. The van der Waals surface area contributed by atoms with Gasteiger partial charge in [-0.05, 0) is 32.0 Å². The summed E-state index contributed by atoms with van der Waals surface area (Å²) in [4.78, 5) is 18.4. The van der Waals surface area contributed by atoms with Gasteiger partial charge in [-0.1, -0.05) is 11.6 Å². The standard InChI is InChI=1S/C14H15ClN6O2/c1-3-20-14(13(21(22)23)8(2)19-20)16-7-12-17-10-5-4-9(15)6-11(10)18-12/h4-6,16H,3,7H2,1-2H3,(H,17,18). The number of anilines is 1. The van der Waals surface area contributed by atoms with Crippen molar-refractivity contribution in [1.82, 2.24) is 19.7 Å². The molecule has 0 radical (unpaired) electrons. The number of hydrogen-bond donors (Lipinski definition) is 2. The van der Waals surface area contributed by atoms with E-state index in [4.69, 9.17) is 11.6 Å². The zero-order valence-corrected chi connectivity index (χ0v) is 13.4. The van der Waals surface area contributed by atoms with Crippen molar-refractivity contribution >= 4 is 34.1 Å². The maximum absolute atomic E-state index is 11.2. The molecule has 3 aromatic rings. The Hall–Kier alpha value is -2.61. The molecule has 0 amide bonds. The van der Waals surface area contributed by atoms with Gasteiger partial charge in [-0.25, -0.2) is 9.67 Å². The van der Waals surface area contributed by atoms with E-state index in [1.807, 2.05) is 13.0 Å². The van der Waals surface area contributed by atoms with Crippen molar-refractivity contribution in [3.05, 3.63) is 44.9 Å². The molecule has 0 bridgehead atoms. The van der Waals surface area contributed by atoms with Crippen LogP contribution in [-0.2, 0) is 13.1 Å². The molecule has 2 heterocycles. The lowest BCUT2D eigenvalue weighted by Gasteiger charge is -2.05. The van der Waals surface area contributed by atoms with Gasteiger partial charge in [0.2, 0.25) is 5.82 Å². The molecule has 2 N–H and O–H groups in total. The molecule has 8 nitrogen and oxygen atoms in total. The number of benzene rings is 1. The van der Waals surface area contributed by atoms with Crippen LogP contribution in [0.15, 0.2) is 18.2 Å². The fourth-order valence-corrected chi connectivity index (χ4v) is 2.65. The van der Waals surface area contributed by atoms with Crippen molar-refractivity contribution in [3.8, 4) is 0 Å². The lowest BCUT2D eigenvalue weighted by Crippen LogP contribution is -2.09. The number of nitrogens with one attached hydrogen (secondary N) is 2. The average Bonchev–Trinajstić information content (AvgIpc) is 3.04. The predicted octanol–water partition coefficient (Wildman–Crippen LogP) is 3.26. The lowest BCUT2D eigenvalue weighted by molar-refractivity contribution is -0.384. The molecule has 9 heteroatoms. The number of nitro groups is 1. The van der Waals surface area contributed by atoms with E-state index in [0.29, 0.717) is 35.4 Å². The number of fused-ring (bicyclic) bond motifs is 1. The van der Waals surface area contributed by atoms with E-state index in [1.165, 1.54) is 0 Å². The van der Waals surface area contributed by atoms with Crippen LogP contribution < -0.4 is 5.32 Å². The summed E-state index contributed by atoms with van der Waals surface area (Å²) in [5.41, 5.74) is 1.99. The Morgan fingerprint density at radius 2 is 2.26 bits per heavy atom. The van der Waals surface area contributed by atoms with Gasteiger partial charge in [-0.15, -0.1) is 0 Å². The normalized spacial score (nSPS) is 11.1. The topological polar surface area (TPSA) is 102 Å². The number of imidazole rings is 1. The molecule has 0 spiro atoms. The van der Waals surface area contributed by atoms with Crippen molar-refractivity contribution in [3.63, 3.8) is 0 Å². The summed E-state index contributed by atoms with van der Waals surface area (Å²) >= 11 is 5.95. The highest BCUT2D eigenvalue weighted by molar-refractivity contribution is 6.31. The number of aryl methyl sites for hydroxylation is 2. The first kappa shape index (κ1) is 15.3. The van der Waals surface area contributed by atoms with Crippen LogP contribution in [0.5, 0.6) is 0 Å². The number of nitrogens with zero attached hydrogens (tertiary/aromatic N) is 4. The maximum Gasteiger partial charge on any atom is 0.333 e. The highest BCUT2D eigenvalue weighted by Crippen LogP contribution is 2.28. The van der Waals surface area contributed by atoms with Crippen LogP contribution in [0.25, 0.3) is 11.0 Å². The summed E-state index contributed by atoms with van der Waals surface area (Å²) < 4.78 is 1.58. The molecule has 1 aromatic carbocycles. The zero-order chi connectivity index (χ0) is 16.6. The molecule has 0 atom stereocenters. The summed E-state index contributed by atoms with van der Waals surface area (Å²) in [5.74, 6) is 1.05. The van der Waals surface area contributed by atoms with Gasteiger partial charge in [0.1, 0.15) is 11.5 Å². The van der Waals surface area contributed by atoms with E-state index in [-0.39, 0.29) is 5.69 Å². The third-order valence-corrected chi connectivity index (χ3v) is 3.73. The van der Waals surface area contributed by atoms with Gasteiger partial charge in [0.05, 0.1) is 22.5 Å². The van der Waals surface area contributed by atoms with Crippen LogP contribution in [0.1, 0.15) is 18.4 Å². The van der Waals surface area contributed by atoms with Gasteiger partial charge in [0.25, 0.3) is 0 Å². The summed E-state index contributed by atoms with van der Waals surface area (Å²) in [7, 11) is 0. The second kappa shape index (κ2) is 5.88. The second-order valence-corrected chi connectivity index (χ2v) is 5.49. The van der Waals surface area contributed by atoms with Gasteiger partial charge in [0, 0.05) is 11.6 Å². The first-order valence-electron chi connectivity index (χ1n) is 7.09. The Kier molecular flexibility index (Phi) is 3.91. The number of aromatic nitrogens is 4. The van der Waals surface area contributed by atoms with Gasteiger partial charge >= 0.3 is 5.69 Å². The Morgan fingerprint density at radius 3 is 2.96 bits per heavy atom. The van der Waals surface area contributed by atoms with Gasteiger partial charge in [-0.3, -0.25) is 10.1 Å². The second-order valence-electron chi connectivity index (χ2n) is 5.05. The fourth-order valence-electron chi connectivity index (χ4n) is 2.48. The lowest BCUT2D eigenvalue weighted by atomic mass is 10.3. The summed E-state index contributed by atoms with van der Waals surface area (Å²) in [5, 5.41) is 19.1. The van der Waals surface area contributed by atoms with Crippen LogP contribution in [0.4, 0.5) is 11.5 Å². The number of halogens is 1. The first-order valence-corrected chi connectivity index (χ1v) is 7.47. The molecule has 3 rings (SSSR count). The maximum atomic E-state index is 11.2. The quantitative estimate of drug-likeness (QED) is 0.550. The molecule has 0 aliphatic rings. The smallest absolute Gasteiger partial charge is 0.333 e. The molecule has 0 fully saturated rings. The minimum absolute atomic E-state index is 0.00833. The molecule has 0 aliphatic carbocycles. The largest absolute Gasteiger partial charge is 0.357 e. The Labute approximate surface area is 136 Å². The molecule has 0 saturated heterocycles. The number of aromatic amines is 1. The van der Waals surface area contributed by atoms with Crippen LogP contribution >= 0.6 is 11.6 Å². The monoisotopic (exact) mass is 334 g/mol. The fraction of sp³-hybridized carbons (Fsp3) is 0.286. The number of H-pyrrole nitrogens is 1. The van der Waals surface area contributed by atoms with Gasteiger partial charge in [-0.2, -0.15) is 5.10 Å². The molecule has 23 heavy (non-hydrogen) atoms. The van der Waals surface area contributed by atoms with E-state index in [1.54, 1.807) is 23.7 Å². The van der Waals surface area contributed by atoms with E-state index in [2.05, 4.69) is 20.4 Å². The molecular formula is C14H15ClN6O2. The highest BCUT2D eigenvalue weighted by Gasteiger charge is 2.24. The van der Waals surface area contributed by atoms with Crippen LogP contribution in [0.2, 0.25) is 5.02 Å². The van der Waals surface area contributed by atoms with Crippen molar-refractivity contribution < 1.29 is 4.92 Å². The van der Waals surface area contributed by atoms with Crippen molar-refractivity contribution in [2.45, 2.75) is 26.9 Å². The molecular weight excluding hydrogens is 320 g/mol. The molecule has 2 aromatic heterocycles. The minimum atomic E-state index is -0.421. The van der Waals surface area contributed by atoms with E-state index in [9.17, 15) is 10.1 Å². The number of rotatable bonds is 5. The van der Waals surface area contributed by atoms with E-state index < -0.39 is 4.92 Å². The van der Waals surface area contributed by atoms with Crippen molar-refractivity contribution in [1.29, 1.82) is 0 Å². The Morgan fingerprint density at radius 1 is 1.48 bits per heavy atom. The molecule has 0 aliphatic heterocycles. The third kappa shape index (κ3) is 2.85. The summed E-state index contributed by atoms with van der Waals surface area (Å²) in [6, 6.07) is 5.37. The summed E-state index contributed by atoms with van der Waals surface area (Å²) in [6.45, 7) is 4.36. The van der Waals surface area contributed by atoms with Crippen LogP contribution in [0, 0.1) is 17.0 Å². The SMILES string of the molecule is CCn1nc(C)c([N+](=O)[O-])c1NCc1nc2ccc(Cl)cc2[nH]1. The van der Waals surface area contributed by atoms with Gasteiger partial charge in [0.15, 0.2) is 0 Å². The molecule has 0 unspecified atom stereocenters. The van der Waals surface area contributed by atoms with Crippen LogP contribution in [0.3, 0.4) is 0 Å². The Balaban J connectivity index is 1.88. The highest BCUT2D eigenvalue weighted by atomic mass is 35.5. The summed E-state index contributed by atoms with van der Waals surface area (Å²) in [6.07, 6.45) is 0. The third-order valence-electron chi connectivity index (χ3n) is 3.49. The van der Waals surface area contributed by atoms with Crippen LogP contribution in [-0.4, -0.2) is 24.7 Å². The van der Waals surface area contributed by atoms with Crippen molar-refractivity contribution in [2.24, 2.45) is 0 Å². The van der Waals surface area contributed by atoms with E-state index >= 15 is 0 Å². The minimum Gasteiger partial charge on any atom is -0.357 e. The van der Waals surface area contributed by atoms with Crippen molar-refractivity contribution in [2.75, 3.05) is 5.32 Å². The molecule has 0 saturated carbocycles. The van der Waals surface area contributed by atoms with E-state index in [0.717, 1.165) is 11.0 Å². The predicted molar refractivity (Wildman–Crippen MR) is 87.7 cm³/mol. The Bertz CT molecular complexity index is 885. The zero-order valence-electron chi connectivity index (χ0n) is 12.6. The number of hydrogen-bond acceptors (Lipinski definition) is 5.